The first-order valence-corrected chi connectivity index (χ1v) is 4.79. The molecule has 0 aromatic carbocycles. The second kappa shape index (κ2) is 3.49. The summed E-state index contributed by atoms with van der Waals surface area (Å²) in [6, 6.07) is 0. The fourth-order valence-corrected chi connectivity index (χ4v) is 2.00. The van der Waals surface area contributed by atoms with Gasteiger partial charge in [0.25, 0.3) is 0 Å². The fraction of sp³-hybridized carbons (Fsp3) is 1.00. The van der Waals surface area contributed by atoms with Crippen LogP contribution >= 0.6 is 0 Å². The van der Waals surface area contributed by atoms with Gasteiger partial charge < -0.3 is 0 Å². The first kappa shape index (κ1) is 8.13. The maximum atomic E-state index is 11.3. The molecular weight excluding hydrogens is 154 g/mol. The number of nitrogens with one attached hydrogen (secondary N) is 1. The van der Waals surface area contributed by atoms with Crippen molar-refractivity contribution >= 4 is 0 Å². The molecule has 1 N–H and O–H groups in total. The van der Waals surface area contributed by atoms with Crippen molar-refractivity contribution in [2.75, 3.05) is 26.2 Å². The molecule has 0 spiro atoms. The standard InChI is InChI=1S/C8H16N3O/c12-11-7-4-9-8(11)10-5-2-1-3-6-10/h8-9H,1-7H2/q+1. The molecule has 4 nitrogen and oxygen atoms in total. The first-order chi connectivity index (χ1) is 5.88. The quantitative estimate of drug-likeness (QED) is 0.568. The number of hydrogen-bond acceptors (Lipinski definition) is 3. The topological polar surface area (TPSA) is 35.4 Å². The maximum Gasteiger partial charge on any atom is 0.315 e. The molecule has 0 aromatic rings. The molecule has 0 aromatic heterocycles. The molecule has 0 saturated carbocycles. The van der Waals surface area contributed by atoms with E-state index in [0.29, 0.717) is 6.54 Å². The Morgan fingerprint density at radius 1 is 1.25 bits per heavy atom. The summed E-state index contributed by atoms with van der Waals surface area (Å²) in [6.45, 7) is 3.64. The van der Waals surface area contributed by atoms with Crippen LogP contribution in [-0.2, 0) is 0 Å². The molecule has 0 aliphatic carbocycles. The van der Waals surface area contributed by atoms with Gasteiger partial charge in [0.15, 0.2) is 0 Å². The highest BCUT2D eigenvalue weighted by atomic mass is 16.3. The van der Waals surface area contributed by atoms with Gasteiger partial charge in [0.2, 0.25) is 6.54 Å². The summed E-state index contributed by atoms with van der Waals surface area (Å²) in [5.74, 6) is 0. The van der Waals surface area contributed by atoms with Crippen molar-refractivity contribution in [3.05, 3.63) is 4.91 Å². The predicted molar refractivity (Wildman–Crippen MR) is 45.7 cm³/mol. The largest absolute Gasteiger partial charge is 0.315 e. The Morgan fingerprint density at radius 3 is 2.58 bits per heavy atom. The van der Waals surface area contributed by atoms with E-state index in [1.165, 1.54) is 19.3 Å². The number of hydrogen-bond donors (Lipinski definition) is 1. The van der Waals surface area contributed by atoms with Crippen LogP contribution in [0.15, 0.2) is 0 Å². The third-order valence-electron chi connectivity index (χ3n) is 2.67. The third-order valence-corrected chi connectivity index (χ3v) is 2.67. The minimum absolute atomic E-state index is 0.0229. The van der Waals surface area contributed by atoms with E-state index in [2.05, 4.69) is 10.2 Å². The van der Waals surface area contributed by atoms with Gasteiger partial charge in [-0.3, -0.25) is 0 Å². The van der Waals surface area contributed by atoms with Gasteiger partial charge in [-0.25, -0.2) is 10.2 Å². The summed E-state index contributed by atoms with van der Waals surface area (Å²) in [5, 5.41) is 3.22. The first-order valence-electron chi connectivity index (χ1n) is 4.79. The molecule has 0 amide bonds. The number of nitroso groups, excluding NO2 is 1. The molecule has 0 radical (unpaired) electrons. The Hall–Kier alpha value is -0.480. The van der Waals surface area contributed by atoms with Crippen LogP contribution in [0.4, 0.5) is 0 Å². The van der Waals surface area contributed by atoms with Crippen molar-refractivity contribution in [3.63, 3.8) is 0 Å². The highest BCUT2D eigenvalue weighted by Crippen LogP contribution is 2.12. The molecule has 1 atom stereocenters. The number of piperidine rings is 1. The molecular formula is C8H16N3O+. The second-order valence-electron chi connectivity index (χ2n) is 3.57. The van der Waals surface area contributed by atoms with E-state index in [9.17, 15) is 4.91 Å². The lowest BCUT2D eigenvalue weighted by Crippen LogP contribution is -2.48. The molecule has 68 valence electrons. The van der Waals surface area contributed by atoms with Gasteiger partial charge in [-0.1, -0.05) is 6.42 Å². The monoisotopic (exact) mass is 170 g/mol. The highest BCUT2D eigenvalue weighted by Gasteiger charge is 2.36. The van der Waals surface area contributed by atoms with E-state index in [1.54, 1.807) is 0 Å². The molecule has 2 fully saturated rings. The van der Waals surface area contributed by atoms with E-state index in [1.807, 2.05) is 0 Å². The van der Waals surface area contributed by atoms with Gasteiger partial charge in [0.05, 0.1) is 6.54 Å². The molecule has 4 heteroatoms. The molecule has 2 heterocycles. The summed E-state index contributed by atoms with van der Waals surface area (Å²) < 4.78 is 1.16. The predicted octanol–water partition coefficient (Wildman–Crippen LogP) is 0.138. The lowest BCUT2D eigenvalue weighted by Gasteiger charge is -2.26. The van der Waals surface area contributed by atoms with Crippen molar-refractivity contribution in [1.82, 2.24) is 10.2 Å². The zero-order valence-corrected chi connectivity index (χ0v) is 7.33. The Kier molecular flexibility index (Phi) is 2.37. The zero-order valence-electron chi connectivity index (χ0n) is 7.33. The lowest BCUT2D eigenvalue weighted by atomic mass is 10.1. The van der Waals surface area contributed by atoms with Crippen LogP contribution in [0.3, 0.4) is 0 Å². The van der Waals surface area contributed by atoms with E-state index in [4.69, 9.17) is 0 Å². The van der Waals surface area contributed by atoms with Crippen molar-refractivity contribution in [2.24, 2.45) is 0 Å². The minimum Gasteiger partial charge on any atom is -0.235 e. The SMILES string of the molecule is O=[N+]1CCNC1N1CCCCC1. The van der Waals surface area contributed by atoms with E-state index in [-0.39, 0.29) is 6.29 Å². The molecule has 2 aliphatic rings. The average Bonchev–Trinajstić information content (AvgIpc) is 2.53. The van der Waals surface area contributed by atoms with Crippen LogP contribution in [0.5, 0.6) is 0 Å². The molecule has 2 aliphatic heterocycles. The minimum atomic E-state index is -0.0229. The van der Waals surface area contributed by atoms with Crippen LogP contribution in [0.1, 0.15) is 19.3 Å². The van der Waals surface area contributed by atoms with Crippen LogP contribution < -0.4 is 5.32 Å². The normalized spacial score (nSPS) is 32.7. The molecule has 2 rings (SSSR count). The van der Waals surface area contributed by atoms with Gasteiger partial charge in [0.1, 0.15) is 0 Å². The Bertz CT molecular complexity index is 177. The number of nitrogens with zero attached hydrogens (tertiary/aromatic N) is 2. The van der Waals surface area contributed by atoms with E-state index >= 15 is 0 Å². The fourth-order valence-electron chi connectivity index (χ4n) is 2.00. The summed E-state index contributed by atoms with van der Waals surface area (Å²) >= 11 is 0. The molecule has 12 heavy (non-hydrogen) atoms. The van der Waals surface area contributed by atoms with Gasteiger partial charge in [0, 0.05) is 22.8 Å². The number of likely N-dealkylation sites (tertiary alicyclic amines) is 1. The molecule has 0 bridgehead atoms. The van der Waals surface area contributed by atoms with Crippen LogP contribution in [-0.4, -0.2) is 42.1 Å². The van der Waals surface area contributed by atoms with Gasteiger partial charge >= 0.3 is 6.29 Å². The molecule has 2 saturated heterocycles. The highest BCUT2D eigenvalue weighted by molar-refractivity contribution is 4.68. The van der Waals surface area contributed by atoms with E-state index < -0.39 is 0 Å². The Balaban J connectivity index is 1.93. The molecule has 1 unspecified atom stereocenters. The average molecular weight is 170 g/mol. The Morgan fingerprint density at radius 2 is 2.00 bits per heavy atom. The van der Waals surface area contributed by atoms with Gasteiger partial charge in [-0.05, 0) is 12.8 Å². The zero-order chi connectivity index (χ0) is 8.39. The van der Waals surface area contributed by atoms with Gasteiger partial charge in [-0.15, -0.1) is 0 Å². The smallest absolute Gasteiger partial charge is 0.235 e. The van der Waals surface area contributed by atoms with Crippen molar-refractivity contribution in [3.8, 4) is 0 Å². The van der Waals surface area contributed by atoms with E-state index in [0.717, 1.165) is 24.4 Å². The van der Waals surface area contributed by atoms with Crippen LogP contribution in [0.25, 0.3) is 0 Å². The Labute approximate surface area is 72.5 Å². The summed E-state index contributed by atoms with van der Waals surface area (Å²) in [4.78, 5) is 13.5. The lowest BCUT2D eigenvalue weighted by molar-refractivity contribution is -0.591. The number of rotatable bonds is 1. The summed E-state index contributed by atoms with van der Waals surface area (Å²) in [6.07, 6.45) is 3.78. The van der Waals surface area contributed by atoms with Crippen molar-refractivity contribution in [2.45, 2.75) is 25.6 Å². The second-order valence-corrected chi connectivity index (χ2v) is 3.57. The van der Waals surface area contributed by atoms with Crippen molar-refractivity contribution < 1.29 is 4.76 Å². The maximum absolute atomic E-state index is 11.3. The van der Waals surface area contributed by atoms with Crippen LogP contribution in [0, 0.1) is 4.91 Å². The van der Waals surface area contributed by atoms with Crippen LogP contribution in [0.2, 0.25) is 0 Å². The third kappa shape index (κ3) is 1.49. The van der Waals surface area contributed by atoms with Gasteiger partial charge in [-0.2, -0.15) is 0 Å². The van der Waals surface area contributed by atoms with Crippen molar-refractivity contribution in [1.29, 1.82) is 0 Å². The summed E-state index contributed by atoms with van der Waals surface area (Å²) in [5.41, 5.74) is 0. The summed E-state index contributed by atoms with van der Waals surface area (Å²) in [7, 11) is 0.